The Balaban J connectivity index is 3.24. The van der Waals surface area contributed by atoms with E-state index in [0.29, 0.717) is 0 Å². The predicted molar refractivity (Wildman–Crippen MR) is 53.5 cm³/mol. The molecular weight excluding hydrogens is 344 g/mol. The highest BCUT2D eigenvalue weighted by Gasteiger charge is 2.33. The van der Waals surface area contributed by atoms with Gasteiger partial charge in [-0.15, -0.1) is 13.2 Å². The summed E-state index contributed by atoms with van der Waals surface area (Å²) >= 11 is -2.08. The monoisotopic (exact) mass is 348 g/mol. The van der Waals surface area contributed by atoms with Crippen LogP contribution in [0.15, 0.2) is 18.2 Å². The summed E-state index contributed by atoms with van der Waals surface area (Å²) in [6.07, 6.45) is -4.94. The topological polar surface area (TPSA) is 63.6 Å². The fourth-order valence-corrected chi connectivity index (χ4v) is 2.11. The predicted octanol–water partition coefficient (Wildman–Crippen LogP) is 2.77. The van der Waals surface area contributed by atoms with Gasteiger partial charge in [-0.1, -0.05) is 6.07 Å². The van der Waals surface area contributed by atoms with E-state index in [0.717, 1.165) is 18.2 Å². The maximum Gasteiger partial charge on any atom is 0.573 e. The highest BCUT2D eigenvalue weighted by molar-refractivity contribution is 14.1. The molecule has 0 aliphatic heterocycles. The quantitative estimate of drug-likeness (QED) is 0.854. The average Bonchev–Trinajstić information content (AvgIpc) is 2.14. The molecule has 0 saturated carbocycles. The van der Waals surface area contributed by atoms with Crippen molar-refractivity contribution in [1.29, 1.82) is 0 Å². The number of hydrogen-bond donors (Lipinski definition) is 1. The molecule has 1 rings (SSSR count). The first-order chi connectivity index (χ1) is 7.35. The van der Waals surface area contributed by atoms with E-state index in [1.807, 2.05) is 0 Å². The number of carboxylic acid groups (broad SMARTS) is 1. The Bertz CT molecular complexity index is 430. The maximum absolute atomic E-state index is 11.9. The van der Waals surface area contributed by atoms with E-state index in [1.165, 1.54) is 0 Å². The zero-order chi connectivity index (χ0) is 12.3. The van der Waals surface area contributed by atoms with Crippen molar-refractivity contribution >= 4 is 27.2 Å². The second-order valence-corrected chi connectivity index (χ2v) is 4.07. The molecule has 0 heterocycles. The fourth-order valence-electron chi connectivity index (χ4n) is 0.959. The van der Waals surface area contributed by atoms with Crippen molar-refractivity contribution in [3.05, 3.63) is 27.3 Å². The van der Waals surface area contributed by atoms with Crippen LogP contribution in [0.25, 0.3) is 0 Å². The minimum atomic E-state index is -4.94. The third-order valence-corrected chi connectivity index (χ3v) is 3.05. The Hall–Kier alpha value is -1.19. The summed E-state index contributed by atoms with van der Waals surface area (Å²) in [5, 5.41) is 8.66. The number of halogens is 4. The first-order valence-corrected chi connectivity index (χ1v) is 5.70. The van der Waals surface area contributed by atoms with Crippen molar-refractivity contribution in [1.82, 2.24) is 0 Å². The van der Waals surface area contributed by atoms with Crippen LogP contribution in [0.5, 0.6) is 5.75 Å². The summed E-state index contributed by atoms with van der Waals surface area (Å²) < 4.78 is 49.7. The van der Waals surface area contributed by atoms with Crippen LogP contribution in [0, 0.1) is 3.57 Å². The second-order valence-electron chi connectivity index (χ2n) is 2.55. The molecule has 0 unspecified atom stereocenters. The normalized spacial score (nSPS) is 11.2. The van der Waals surface area contributed by atoms with Gasteiger partial charge in [0.15, 0.2) is 21.2 Å². The third-order valence-electron chi connectivity index (χ3n) is 1.50. The Morgan fingerprint density at radius 2 is 2.00 bits per heavy atom. The van der Waals surface area contributed by atoms with E-state index in [1.54, 1.807) is 0 Å². The van der Waals surface area contributed by atoms with E-state index in [2.05, 4.69) is 4.74 Å². The van der Waals surface area contributed by atoms with E-state index >= 15 is 0 Å². The van der Waals surface area contributed by atoms with Crippen molar-refractivity contribution < 1.29 is 30.9 Å². The number of aromatic carboxylic acids is 1. The van der Waals surface area contributed by atoms with E-state index in [4.69, 9.17) is 5.11 Å². The van der Waals surface area contributed by atoms with Crippen LogP contribution in [0.2, 0.25) is 0 Å². The molecule has 0 aliphatic rings. The number of alkyl halides is 3. The van der Waals surface area contributed by atoms with Crippen molar-refractivity contribution in [2.24, 2.45) is 0 Å². The van der Waals surface area contributed by atoms with Crippen molar-refractivity contribution in [3.63, 3.8) is 0 Å². The highest BCUT2D eigenvalue weighted by Crippen LogP contribution is 2.31. The van der Waals surface area contributed by atoms with Gasteiger partial charge in [-0.3, -0.25) is 3.07 Å². The highest BCUT2D eigenvalue weighted by atomic mass is 127. The lowest BCUT2D eigenvalue weighted by Gasteiger charge is -2.11. The Morgan fingerprint density at radius 3 is 2.44 bits per heavy atom. The Labute approximate surface area is 97.7 Å². The zero-order valence-electron chi connectivity index (χ0n) is 7.42. The number of ether oxygens (including phenoxy) is 1. The lowest BCUT2D eigenvalue weighted by atomic mass is 10.2. The summed E-state index contributed by atoms with van der Waals surface area (Å²) in [6, 6.07) is 3.08. The van der Waals surface area contributed by atoms with Gasteiger partial charge in [0.05, 0.1) is 5.56 Å². The third kappa shape index (κ3) is 3.15. The summed E-state index contributed by atoms with van der Waals surface area (Å²) in [7, 11) is 0. The average molecular weight is 348 g/mol. The van der Waals surface area contributed by atoms with Gasteiger partial charge in [0, 0.05) is 0 Å². The number of benzene rings is 1. The first kappa shape index (κ1) is 12.9. The van der Waals surface area contributed by atoms with Crippen LogP contribution >= 0.6 is 21.2 Å². The lowest BCUT2D eigenvalue weighted by Crippen LogP contribution is -2.18. The van der Waals surface area contributed by atoms with Crippen molar-refractivity contribution in [2.75, 3.05) is 0 Å². The molecule has 16 heavy (non-hydrogen) atoms. The van der Waals surface area contributed by atoms with Gasteiger partial charge < -0.3 is 9.84 Å². The molecule has 0 amide bonds. The van der Waals surface area contributed by atoms with Crippen LogP contribution in [-0.2, 0) is 3.07 Å². The number of hydrogen-bond acceptors (Lipinski definition) is 3. The molecule has 1 aromatic rings. The van der Waals surface area contributed by atoms with Crippen molar-refractivity contribution in [3.8, 4) is 5.75 Å². The molecule has 0 radical (unpaired) electrons. The van der Waals surface area contributed by atoms with Gasteiger partial charge >= 0.3 is 12.3 Å². The number of carboxylic acids is 1. The molecular formula is C8H4F3IO4. The molecule has 0 spiro atoms. The molecule has 88 valence electrons. The molecule has 0 atom stereocenters. The molecule has 0 saturated heterocycles. The number of rotatable bonds is 3. The van der Waals surface area contributed by atoms with Crippen LogP contribution in [-0.4, -0.2) is 17.4 Å². The SMILES string of the molecule is O=Ic1c(OC(F)(F)F)cccc1C(=O)O. The minimum absolute atomic E-state index is 0.411. The zero-order valence-corrected chi connectivity index (χ0v) is 9.57. The second kappa shape index (κ2) is 4.76. The molecule has 1 aromatic carbocycles. The summed E-state index contributed by atoms with van der Waals surface area (Å²) in [6.45, 7) is 0. The smallest absolute Gasteiger partial charge is 0.478 e. The molecule has 4 nitrogen and oxygen atoms in total. The molecule has 0 aliphatic carbocycles. The molecule has 8 heteroatoms. The van der Waals surface area contributed by atoms with Gasteiger partial charge in [0.1, 0.15) is 9.32 Å². The standard InChI is InChI=1S/C8H4F3IO4/c9-8(10,11)16-5-3-1-2-4(7(13)14)6(5)12-15/h1-3H,(H,13,14). The van der Waals surface area contributed by atoms with E-state index < -0.39 is 48.4 Å². The minimum Gasteiger partial charge on any atom is -0.478 e. The Morgan fingerprint density at radius 1 is 1.38 bits per heavy atom. The lowest BCUT2D eigenvalue weighted by molar-refractivity contribution is -0.275. The molecule has 1 N–H and O–H groups in total. The molecule has 0 fully saturated rings. The van der Waals surface area contributed by atoms with Crippen LogP contribution in [0.4, 0.5) is 13.2 Å². The van der Waals surface area contributed by atoms with Gasteiger partial charge in [0.2, 0.25) is 0 Å². The van der Waals surface area contributed by atoms with Crippen molar-refractivity contribution in [2.45, 2.75) is 6.36 Å². The van der Waals surface area contributed by atoms with Crippen LogP contribution < -0.4 is 4.74 Å². The van der Waals surface area contributed by atoms with Gasteiger partial charge in [-0.05, 0) is 12.1 Å². The maximum atomic E-state index is 11.9. The summed E-state index contributed by atoms with van der Waals surface area (Å²) in [4.78, 5) is 10.6. The first-order valence-electron chi connectivity index (χ1n) is 3.74. The molecule has 0 aromatic heterocycles. The van der Waals surface area contributed by atoms with E-state index in [9.17, 15) is 21.0 Å². The van der Waals surface area contributed by atoms with Gasteiger partial charge in [-0.25, -0.2) is 4.79 Å². The Kier molecular flexibility index (Phi) is 3.83. The van der Waals surface area contributed by atoms with Gasteiger partial charge in [0.25, 0.3) is 0 Å². The molecule has 0 bridgehead atoms. The fraction of sp³-hybridized carbons (Fsp3) is 0.125. The van der Waals surface area contributed by atoms with E-state index in [-0.39, 0.29) is 0 Å². The van der Waals surface area contributed by atoms with Crippen LogP contribution in [0.3, 0.4) is 0 Å². The largest absolute Gasteiger partial charge is 0.573 e. The van der Waals surface area contributed by atoms with Gasteiger partial charge in [-0.2, -0.15) is 0 Å². The summed E-state index contributed by atoms with van der Waals surface area (Å²) in [5.41, 5.74) is -0.440. The number of carbonyl (C=O) groups is 1. The summed E-state index contributed by atoms with van der Waals surface area (Å²) in [5.74, 6) is -2.17. The van der Waals surface area contributed by atoms with Crippen LogP contribution in [0.1, 0.15) is 10.4 Å².